The number of H-pyrrole nitrogens is 1. The fraction of sp³-hybridized carbons (Fsp3) is 0.442. The first-order valence-electron chi connectivity index (χ1n) is 24.6. The Morgan fingerprint density at radius 1 is 0.743 bits per heavy atom. The number of ether oxygens (including phenoxy) is 4. The first-order chi connectivity index (χ1) is 35.9. The van der Waals surface area contributed by atoms with Crippen LogP contribution in [0, 0.1) is 0 Å². The molecule has 74 heavy (non-hydrogen) atoms. The van der Waals surface area contributed by atoms with E-state index in [4.69, 9.17) is 24.7 Å². The molecule has 20 nitrogen and oxygen atoms in total. The van der Waals surface area contributed by atoms with Crippen LogP contribution in [-0.4, -0.2) is 130 Å². The van der Waals surface area contributed by atoms with Gasteiger partial charge in [0, 0.05) is 74.2 Å². The summed E-state index contributed by atoms with van der Waals surface area (Å²) in [6.45, 7) is 5.39. The molecule has 0 aliphatic carbocycles. The van der Waals surface area contributed by atoms with Gasteiger partial charge in [0.05, 0.1) is 58.0 Å². The van der Waals surface area contributed by atoms with E-state index in [1.54, 1.807) is 39.9 Å². The van der Waals surface area contributed by atoms with Gasteiger partial charge in [0.25, 0.3) is 11.5 Å². The predicted octanol–water partition coefficient (Wildman–Crippen LogP) is 6.86. The number of ketones is 3. The summed E-state index contributed by atoms with van der Waals surface area (Å²) in [6.07, 6.45) is 8.29. The zero-order valence-electron chi connectivity index (χ0n) is 41.6. The van der Waals surface area contributed by atoms with Crippen LogP contribution in [0.25, 0.3) is 11.2 Å². The largest absolute Gasteiger partial charge is 0.494 e. The average molecular weight is 1060 g/mol. The van der Waals surface area contributed by atoms with E-state index in [1.165, 1.54) is 18.3 Å². The third-order valence-corrected chi connectivity index (χ3v) is 13.3. The molecule has 0 saturated heterocycles. The number of Topliss-reactive ketones (excluding diaryl/α,β-unsaturated/α-hetero) is 3. The van der Waals surface area contributed by atoms with E-state index in [1.807, 2.05) is 49.4 Å². The van der Waals surface area contributed by atoms with Gasteiger partial charge in [0.2, 0.25) is 5.95 Å². The van der Waals surface area contributed by atoms with E-state index in [0.29, 0.717) is 108 Å². The number of rotatable bonds is 38. The van der Waals surface area contributed by atoms with Crippen LogP contribution in [0.3, 0.4) is 0 Å². The highest BCUT2D eigenvalue weighted by Gasteiger charge is 2.22. The molecule has 0 radical (unpaired) electrons. The summed E-state index contributed by atoms with van der Waals surface area (Å²) in [5.41, 5.74) is 8.30. The number of benzene rings is 2. The third kappa shape index (κ3) is 22.7. The lowest BCUT2D eigenvalue weighted by Gasteiger charge is -2.14. The van der Waals surface area contributed by atoms with Gasteiger partial charge in [-0.3, -0.25) is 33.9 Å². The summed E-state index contributed by atoms with van der Waals surface area (Å²) in [5.74, 6) is -0.254. The zero-order valence-corrected chi connectivity index (χ0v) is 43.2. The highest BCUT2D eigenvalue weighted by molar-refractivity contribution is 8.76. The van der Waals surface area contributed by atoms with Crippen molar-refractivity contribution in [1.82, 2.24) is 30.2 Å². The van der Waals surface area contributed by atoms with Gasteiger partial charge in [-0.25, -0.2) is 19.7 Å². The average Bonchev–Trinajstić information content (AvgIpc) is 3.40. The van der Waals surface area contributed by atoms with Crippen molar-refractivity contribution in [2.24, 2.45) is 4.99 Å². The van der Waals surface area contributed by atoms with Crippen molar-refractivity contribution < 1.29 is 48.0 Å². The SMILES string of the molecule is CC(=NCC(=O)CCSSc1ccccn1)c1ccc(OCCCC(=O)CCCCOCCOCCOCCCCC(=O)CC[C@@H](NC(=O)c2ccc(NCc3cnc4nc(N)[nH]c(=O)c4n3)cc2)C(=O)O)cc1. The molecule has 0 aliphatic rings. The number of aromatic amines is 1. The van der Waals surface area contributed by atoms with Crippen molar-refractivity contribution in [1.29, 1.82) is 0 Å². The number of aliphatic imine (C=N–C) groups is 1. The lowest BCUT2D eigenvalue weighted by atomic mass is 10.0. The van der Waals surface area contributed by atoms with E-state index in [0.717, 1.165) is 29.1 Å². The maximum atomic E-state index is 12.8. The maximum Gasteiger partial charge on any atom is 0.326 e. The van der Waals surface area contributed by atoms with Crippen molar-refractivity contribution in [3.05, 3.63) is 106 Å². The van der Waals surface area contributed by atoms with Crippen LogP contribution in [0.5, 0.6) is 5.75 Å². The number of carbonyl (C=O) groups is 5. The minimum atomic E-state index is -1.23. The number of unbranched alkanes of at least 4 members (excludes halogenated alkanes) is 2. The van der Waals surface area contributed by atoms with E-state index in [-0.39, 0.29) is 72.4 Å². The monoisotopic (exact) mass is 1060 g/mol. The molecule has 0 fully saturated rings. The van der Waals surface area contributed by atoms with Crippen molar-refractivity contribution in [3.8, 4) is 5.75 Å². The summed E-state index contributed by atoms with van der Waals surface area (Å²) in [4.78, 5) is 97.5. The number of carboxylic acids is 1. The number of anilines is 2. The number of aliphatic carboxylic acids is 1. The van der Waals surface area contributed by atoms with Gasteiger partial charge in [-0.2, -0.15) is 4.98 Å². The molecular weight excluding hydrogens is 991 g/mol. The Bertz CT molecular complexity index is 2640. The van der Waals surface area contributed by atoms with Crippen LogP contribution in [0.2, 0.25) is 0 Å². The lowest BCUT2D eigenvalue weighted by molar-refractivity contribution is -0.139. The summed E-state index contributed by atoms with van der Waals surface area (Å²) >= 11 is 0. The quantitative estimate of drug-likeness (QED) is 0.0153. The van der Waals surface area contributed by atoms with Crippen LogP contribution < -0.4 is 26.7 Å². The van der Waals surface area contributed by atoms with Crippen LogP contribution in [0.4, 0.5) is 11.6 Å². The number of carbonyl (C=O) groups excluding carboxylic acids is 4. The molecule has 2 aromatic carbocycles. The molecule has 0 unspecified atom stereocenters. The number of hydrogen-bond acceptors (Lipinski definition) is 19. The zero-order chi connectivity index (χ0) is 52.8. The number of carboxylic acid groups (broad SMARTS) is 1. The van der Waals surface area contributed by atoms with Crippen LogP contribution in [0.15, 0.2) is 93.9 Å². The van der Waals surface area contributed by atoms with Crippen molar-refractivity contribution in [2.45, 2.75) is 95.2 Å². The number of aromatic nitrogens is 5. The van der Waals surface area contributed by atoms with Gasteiger partial charge < -0.3 is 40.4 Å². The topological polar surface area (TPSA) is 289 Å². The van der Waals surface area contributed by atoms with Crippen molar-refractivity contribution >= 4 is 79.3 Å². The highest BCUT2D eigenvalue weighted by Crippen LogP contribution is 2.29. The molecule has 0 bridgehead atoms. The molecule has 3 heterocycles. The van der Waals surface area contributed by atoms with Crippen LogP contribution >= 0.6 is 21.6 Å². The number of nitrogens with two attached hydrogens (primary N) is 1. The molecule has 6 N–H and O–H groups in total. The second kappa shape index (κ2) is 33.3. The normalized spacial score (nSPS) is 11.8. The maximum absolute atomic E-state index is 12.8. The van der Waals surface area contributed by atoms with E-state index in [9.17, 15) is 33.9 Å². The van der Waals surface area contributed by atoms with Crippen LogP contribution in [-0.2, 0) is 39.9 Å². The van der Waals surface area contributed by atoms with Gasteiger partial charge in [-0.15, -0.1) is 0 Å². The molecule has 0 aliphatic heterocycles. The molecule has 5 rings (SSSR count). The van der Waals surface area contributed by atoms with Gasteiger partial charge in [0.1, 0.15) is 28.4 Å². The predicted molar refractivity (Wildman–Crippen MR) is 285 cm³/mol. The fourth-order valence-corrected chi connectivity index (χ4v) is 8.83. The van der Waals surface area contributed by atoms with Crippen molar-refractivity contribution in [2.75, 3.05) is 69.6 Å². The Kier molecular flexibility index (Phi) is 26.2. The summed E-state index contributed by atoms with van der Waals surface area (Å²) < 4.78 is 22.6. The number of nitrogen functional groups attached to an aromatic ring is 1. The summed E-state index contributed by atoms with van der Waals surface area (Å²) in [7, 11) is 3.17. The van der Waals surface area contributed by atoms with Gasteiger partial charge in [0.15, 0.2) is 16.9 Å². The molecule has 0 spiro atoms. The van der Waals surface area contributed by atoms with E-state index >= 15 is 0 Å². The lowest BCUT2D eigenvalue weighted by Crippen LogP contribution is -2.41. The third-order valence-electron chi connectivity index (χ3n) is 11.0. The molecule has 22 heteroatoms. The summed E-state index contributed by atoms with van der Waals surface area (Å²) in [5, 5.41) is 16.2. The molecule has 0 saturated carbocycles. The molecular formula is C52H65N9O11S2. The van der Waals surface area contributed by atoms with E-state index in [2.05, 4.69) is 40.5 Å². The second-order valence-electron chi connectivity index (χ2n) is 16.9. The van der Waals surface area contributed by atoms with Gasteiger partial charge >= 0.3 is 5.97 Å². The Labute approximate surface area is 437 Å². The Balaban J connectivity index is 0.785. The van der Waals surface area contributed by atoms with E-state index < -0.39 is 23.5 Å². The highest BCUT2D eigenvalue weighted by atomic mass is 33.1. The molecule has 5 aromatic rings. The van der Waals surface area contributed by atoms with Gasteiger partial charge in [-0.1, -0.05) is 16.9 Å². The molecule has 3 aromatic heterocycles. The standard InChI is InChI=1S/C52H65N9O11S2/c1-36(55-35-43(64)23-32-73-74-46-12-2-5-24-54-46)37-15-20-44(21-16-37)72-27-8-11-41(62)9-3-6-25-69-28-30-71-31-29-70-26-7-4-10-42(63)19-22-45(51(67)68)59-49(65)38-13-17-39(18-14-38)56-33-40-34-57-48-47(58-40)50(66)61-52(53)60-48/h2,5,12-18,20-21,24,34,45,56H,3-4,6-11,19,22-23,25-33,35H2,1H3,(H,59,65)(H,67,68)(H3,53,57,60,61,66)/t45-/m1/s1. The number of hydrogen-bond donors (Lipinski definition) is 5. The Hall–Kier alpha value is -6.59. The fourth-order valence-electron chi connectivity index (χ4n) is 6.92. The van der Waals surface area contributed by atoms with Crippen LogP contribution in [0.1, 0.15) is 99.2 Å². The smallest absolute Gasteiger partial charge is 0.326 e. The molecule has 1 amide bonds. The molecule has 1 atom stereocenters. The minimum absolute atomic E-state index is 0.00967. The first kappa shape index (κ1) is 58.3. The Morgan fingerprint density at radius 3 is 2.08 bits per heavy atom. The number of amides is 1. The van der Waals surface area contributed by atoms with Gasteiger partial charge in [-0.05, 0) is 122 Å². The minimum Gasteiger partial charge on any atom is -0.494 e. The number of pyridine rings is 1. The number of nitrogens with zero attached hydrogens (tertiary/aromatic N) is 5. The summed E-state index contributed by atoms with van der Waals surface area (Å²) in [6, 6.07) is 18.5. The first-order valence-corrected chi connectivity index (χ1v) is 26.9. The molecule has 396 valence electrons. The number of nitrogens with one attached hydrogen (secondary N) is 3. The van der Waals surface area contributed by atoms with Crippen molar-refractivity contribution in [3.63, 3.8) is 0 Å². The second-order valence-corrected chi connectivity index (χ2v) is 19.3. The Morgan fingerprint density at radius 2 is 1.41 bits per heavy atom. The number of fused-ring (bicyclic) bond motifs is 1.